The summed E-state index contributed by atoms with van der Waals surface area (Å²) in [6.07, 6.45) is 2.58. The molecule has 0 radical (unpaired) electrons. The molecular formula is C17H27IN4O2S. The third-order valence-corrected chi connectivity index (χ3v) is 5.18. The van der Waals surface area contributed by atoms with E-state index in [9.17, 15) is 4.79 Å². The SMILES string of the molecule is CN=C(NCc1ccc(OC)c(NC(C)=O)c1)NCC1CCCS1.I. The standard InChI is InChI=1S/C17H26N4O2S.HI/c1-12(22)21-15-9-13(6-7-16(15)23-3)10-19-17(18-2)20-11-14-5-4-8-24-14;/h6-7,9,14H,4-5,8,10-11H2,1-3H3,(H,21,22)(H2,18,19,20);1H. The van der Waals surface area contributed by atoms with Crippen LogP contribution < -0.4 is 20.7 Å². The number of ether oxygens (including phenoxy) is 1. The Morgan fingerprint density at radius 3 is 2.80 bits per heavy atom. The molecule has 6 nitrogen and oxygen atoms in total. The number of carbonyl (C=O) groups excluding carboxylic acids is 1. The molecule has 0 aliphatic carbocycles. The maximum absolute atomic E-state index is 11.3. The molecule has 0 aromatic heterocycles. The highest BCUT2D eigenvalue weighted by Crippen LogP contribution is 2.26. The molecule has 1 aliphatic heterocycles. The Labute approximate surface area is 171 Å². The number of anilines is 1. The first kappa shape index (κ1) is 21.9. The van der Waals surface area contributed by atoms with Crippen LogP contribution in [0.1, 0.15) is 25.3 Å². The summed E-state index contributed by atoms with van der Waals surface area (Å²) in [5, 5.41) is 10.1. The number of nitrogens with zero attached hydrogens (tertiary/aromatic N) is 1. The van der Waals surface area contributed by atoms with Gasteiger partial charge in [-0.25, -0.2) is 0 Å². The van der Waals surface area contributed by atoms with Crippen LogP contribution in [-0.2, 0) is 11.3 Å². The Morgan fingerprint density at radius 1 is 1.40 bits per heavy atom. The maximum Gasteiger partial charge on any atom is 0.221 e. The largest absolute Gasteiger partial charge is 0.495 e. The van der Waals surface area contributed by atoms with E-state index in [-0.39, 0.29) is 29.9 Å². The Morgan fingerprint density at radius 2 is 2.20 bits per heavy atom. The lowest BCUT2D eigenvalue weighted by Gasteiger charge is -2.16. The molecule has 1 unspecified atom stereocenters. The number of amides is 1. The topological polar surface area (TPSA) is 74.8 Å². The molecule has 1 saturated heterocycles. The van der Waals surface area contributed by atoms with Gasteiger partial charge in [0.25, 0.3) is 0 Å². The average molecular weight is 478 g/mol. The molecule has 1 aromatic carbocycles. The van der Waals surface area contributed by atoms with Crippen LogP contribution in [0.2, 0.25) is 0 Å². The molecule has 1 heterocycles. The van der Waals surface area contributed by atoms with Gasteiger partial charge in [-0.1, -0.05) is 6.07 Å². The average Bonchev–Trinajstić information content (AvgIpc) is 3.08. The number of aliphatic imine (C=N–C) groups is 1. The van der Waals surface area contributed by atoms with E-state index in [1.54, 1.807) is 14.2 Å². The number of guanidine groups is 1. The third-order valence-electron chi connectivity index (χ3n) is 3.78. The molecule has 25 heavy (non-hydrogen) atoms. The number of thioether (sulfide) groups is 1. The first-order chi connectivity index (χ1) is 11.6. The number of hydrogen-bond acceptors (Lipinski definition) is 4. The summed E-state index contributed by atoms with van der Waals surface area (Å²) in [5.41, 5.74) is 1.72. The summed E-state index contributed by atoms with van der Waals surface area (Å²) in [4.78, 5) is 15.6. The van der Waals surface area contributed by atoms with Gasteiger partial charge >= 0.3 is 0 Å². The molecule has 2 rings (SSSR count). The zero-order chi connectivity index (χ0) is 17.4. The fraction of sp³-hybridized carbons (Fsp3) is 0.529. The zero-order valence-electron chi connectivity index (χ0n) is 14.9. The molecular weight excluding hydrogens is 451 g/mol. The van der Waals surface area contributed by atoms with Crippen LogP contribution in [0.3, 0.4) is 0 Å². The van der Waals surface area contributed by atoms with Crippen LogP contribution in [0, 0.1) is 0 Å². The van der Waals surface area contributed by atoms with Crippen LogP contribution in [0.5, 0.6) is 5.75 Å². The lowest BCUT2D eigenvalue weighted by atomic mass is 10.2. The van der Waals surface area contributed by atoms with Gasteiger partial charge in [0.05, 0.1) is 12.8 Å². The second-order valence-electron chi connectivity index (χ2n) is 5.66. The summed E-state index contributed by atoms with van der Waals surface area (Å²) >= 11 is 2.02. The van der Waals surface area contributed by atoms with Crippen molar-refractivity contribution in [3.05, 3.63) is 23.8 Å². The fourth-order valence-corrected chi connectivity index (χ4v) is 3.78. The van der Waals surface area contributed by atoms with Crippen molar-refractivity contribution >= 4 is 53.3 Å². The summed E-state index contributed by atoms with van der Waals surface area (Å²) in [5.74, 6) is 2.58. The molecule has 1 atom stereocenters. The number of hydrogen-bond donors (Lipinski definition) is 3. The van der Waals surface area contributed by atoms with Gasteiger partial charge in [0.15, 0.2) is 5.96 Å². The van der Waals surface area contributed by atoms with Gasteiger partial charge in [-0.3, -0.25) is 9.79 Å². The molecule has 8 heteroatoms. The van der Waals surface area contributed by atoms with Crippen molar-refractivity contribution in [2.75, 3.05) is 31.8 Å². The van der Waals surface area contributed by atoms with Crippen LogP contribution in [-0.4, -0.2) is 43.6 Å². The Balaban J connectivity index is 0.00000312. The molecule has 140 valence electrons. The second-order valence-corrected chi connectivity index (χ2v) is 7.07. The van der Waals surface area contributed by atoms with E-state index >= 15 is 0 Å². The Hall–Kier alpha value is -1.16. The molecule has 1 aromatic rings. The van der Waals surface area contributed by atoms with Gasteiger partial charge in [0.2, 0.25) is 5.91 Å². The second kappa shape index (κ2) is 11.5. The Bertz CT molecular complexity index is 592. The van der Waals surface area contributed by atoms with E-state index in [2.05, 4.69) is 20.9 Å². The van der Waals surface area contributed by atoms with Gasteiger partial charge in [-0.05, 0) is 36.3 Å². The Kier molecular flexibility index (Phi) is 10.0. The van der Waals surface area contributed by atoms with Crippen molar-refractivity contribution in [1.82, 2.24) is 10.6 Å². The highest BCUT2D eigenvalue weighted by atomic mass is 127. The van der Waals surface area contributed by atoms with E-state index in [0.717, 1.165) is 18.1 Å². The molecule has 1 aliphatic rings. The zero-order valence-corrected chi connectivity index (χ0v) is 18.1. The maximum atomic E-state index is 11.3. The number of rotatable bonds is 6. The van der Waals surface area contributed by atoms with E-state index in [1.807, 2.05) is 30.0 Å². The fourth-order valence-electron chi connectivity index (χ4n) is 2.57. The van der Waals surface area contributed by atoms with Crippen molar-refractivity contribution in [2.45, 2.75) is 31.6 Å². The van der Waals surface area contributed by atoms with Gasteiger partial charge in [-0.2, -0.15) is 11.8 Å². The summed E-state index contributed by atoms with van der Waals surface area (Å²) in [7, 11) is 3.36. The van der Waals surface area contributed by atoms with Crippen molar-refractivity contribution in [1.29, 1.82) is 0 Å². The summed E-state index contributed by atoms with van der Waals surface area (Å²) in [6.45, 7) is 3.04. The molecule has 3 N–H and O–H groups in total. The predicted molar refractivity (Wildman–Crippen MR) is 116 cm³/mol. The monoisotopic (exact) mass is 478 g/mol. The van der Waals surface area contributed by atoms with Crippen molar-refractivity contribution < 1.29 is 9.53 Å². The number of benzene rings is 1. The number of carbonyl (C=O) groups is 1. The summed E-state index contributed by atoms with van der Waals surface area (Å²) < 4.78 is 5.27. The van der Waals surface area contributed by atoms with Crippen LogP contribution in [0.15, 0.2) is 23.2 Å². The van der Waals surface area contributed by atoms with E-state index in [4.69, 9.17) is 4.74 Å². The van der Waals surface area contributed by atoms with Gasteiger partial charge in [0.1, 0.15) is 5.75 Å². The first-order valence-electron chi connectivity index (χ1n) is 8.13. The van der Waals surface area contributed by atoms with E-state index in [0.29, 0.717) is 23.2 Å². The van der Waals surface area contributed by atoms with Crippen LogP contribution in [0.25, 0.3) is 0 Å². The van der Waals surface area contributed by atoms with Crippen molar-refractivity contribution in [2.24, 2.45) is 4.99 Å². The highest BCUT2D eigenvalue weighted by molar-refractivity contribution is 14.0. The quantitative estimate of drug-likeness (QED) is 0.333. The minimum Gasteiger partial charge on any atom is -0.495 e. The number of halogens is 1. The van der Waals surface area contributed by atoms with Crippen molar-refractivity contribution in [3.63, 3.8) is 0 Å². The minimum atomic E-state index is -0.120. The van der Waals surface area contributed by atoms with Gasteiger partial charge in [-0.15, -0.1) is 24.0 Å². The number of methoxy groups -OCH3 is 1. The minimum absolute atomic E-state index is 0. The summed E-state index contributed by atoms with van der Waals surface area (Å²) in [6, 6.07) is 5.73. The lowest BCUT2D eigenvalue weighted by Crippen LogP contribution is -2.39. The van der Waals surface area contributed by atoms with Gasteiger partial charge < -0.3 is 20.7 Å². The number of nitrogens with one attached hydrogen (secondary N) is 3. The molecule has 1 fully saturated rings. The van der Waals surface area contributed by atoms with E-state index < -0.39 is 0 Å². The van der Waals surface area contributed by atoms with Gasteiger partial charge in [0, 0.05) is 32.3 Å². The molecule has 0 saturated carbocycles. The van der Waals surface area contributed by atoms with E-state index in [1.165, 1.54) is 25.5 Å². The third kappa shape index (κ3) is 7.31. The van der Waals surface area contributed by atoms with Crippen LogP contribution in [0.4, 0.5) is 5.69 Å². The smallest absolute Gasteiger partial charge is 0.221 e. The first-order valence-corrected chi connectivity index (χ1v) is 9.18. The molecule has 1 amide bonds. The molecule has 0 spiro atoms. The molecule has 0 bridgehead atoms. The highest BCUT2D eigenvalue weighted by Gasteiger charge is 2.15. The van der Waals surface area contributed by atoms with Crippen LogP contribution >= 0.6 is 35.7 Å². The predicted octanol–water partition coefficient (Wildman–Crippen LogP) is 2.83. The normalized spacial score (nSPS) is 16.8. The lowest BCUT2D eigenvalue weighted by molar-refractivity contribution is -0.114. The van der Waals surface area contributed by atoms with Crippen molar-refractivity contribution in [3.8, 4) is 5.75 Å².